The number of benzene rings is 1. The highest BCUT2D eigenvalue weighted by Crippen LogP contribution is 2.25. The number of rotatable bonds is 4. The Labute approximate surface area is 166 Å². The minimum Gasteiger partial charge on any atom is -0.449 e. The van der Waals surface area contributed by atoms with E-state index in [1.165, 1.54) is 23.9 Å². The van der Waals surface area contributed by atoms with Gasteiger partial charge in [0, 0.05) is 24.2 Å². The second-order valence-electron chi connectivity index (χ2n) is 6.34. The van der Waals surface area contributed by atoms with Gasteiger partial charge in [0.1, 0.15) is 0 Å². The predicted octanol–water partition coefficient (Wildman–Crippen LogP) is 2.94. The number of carbonyl (C=O) groups is 2. The number of fused-ring (bicyclic) bond motifs is 1. The van der Waals surface area contributed by atoms with Crippen molar-refractivity contribution in [2.75, 3.05) is 12.8 Å². The van der Waals surface area contributed by atoms with Gasteiger partial charge in [-0.2, -0.15) is 0 Å². The topological polar surface area (TPSA) is 80.8 Å². The molecule has 1 atom stereocenters. The highest BCUT2D eigenvalue weighted by molar-refractivity contribution is 7.90. The van der Waals surface area contributed by atoms with E-state index in [0.717, 1.165) is 24.3 Å². The van der Waals surface area contributed by atoms with Crippen molar-refractivity contribution in [3.8, 4) is 0 Å². The molecule has 2 heterocycles. The van der Waals surface area contributed by atoms with Crippen molar-refractivity contribution < 1.29 is 22.7 Å². The molecule has 0 saturated carbocycles. The van der Waals surface area contributed by atoms with Crippen LogP contribution in [0.5, 0.6) is 0 Å². The van der Waals surface area contributed by atoms with Gasteiger partial charge in [0.05, 0.1) is 15.5 Å². The first-order valence-electron chi connectivity index (χ1n) is 8.21. The first-order chi connectivity index (χ1) is 12.7. The first-order valence-corrected chi connectivity index (χ1v) is 11.4. The number of carbonyl (C=O) groups excluding carboxylic acids is 2. The van der Waals surface area contributed by atoms with Gasteiger partial charge in [0.2, 0.25) is 0 Å². The second-order valence-corrected chi connectivity index (χ2v) is 9.74. The highest BCUT2D eigenvalue weighted by atomic mass is 35.5. The molecular weight excluding hydrogens is 410 g/mol. The molecule has 1 amide bonds. The summed E-state index contributed by atoms with van der Waals surface area (Å²) in [5, 5.41) is 2.03. The molecule has 0 N–H and O–H groups in total. The summed E-state index contributed by atoms with van der Waals surface area (Å²) in [7, 11) is -3.59. The molecule has 0 saturated heterocycles. The van der Waals surface area contributed by atoms with Gasteiger partial charge in [-0.3, -0.25) is 4.79 Å². The number of ether oxygens (including phenoxy) is 1. The van der Waals surface area contributed by atoms with Crippen LogP contribution in [0.25, 0.3) is 0 Å². The molecule has 2 aromatic rings. The van der Waals surface area contributed by atoms with E-state index in [1.54, 1.807) is 16.2 Å². The van der Waals surface area contributed by atoms with E-state index in [4.69, 9.17) is 16.3 Å². The number of esters is 1. The van der Waals surface area contributed by atoms with E-state index < -0.39 is 21.9 Å². The summed E-state index contributed by atoms with van der Waals surface area (Å²) in [5.41, 5.74) is 1.15. The molecule has 1 aliphatic heterocycles. The van der Waals surface area contributed by atoms with Gasteiger partial charge in [0.15, 0.2) is 15.9 Å². The van der Waals surface area contributed by atoms with E-state index >= 15 is 0 Å². The zero-order chi connectivity index (χ0) is 19.8. The monoisotopic (exact) mass is 427 g/mol. The smallest absolute Gasteiger partial charge is 0.338 e. The summed E-state index contributed by atoms with van der Waals surface area (Å²) in [6.07, 6.45) is 0.814. The summed E-state index contributed by atoms with van der Waals surface area (Å²) in [6.45, 7) is 2.59. The Kier molecular flexibility index (Phi) is 5.60. The number of nitrogens with zero attached hydrogens (tertiary/aromatic N) is 1. The minimum absolute atomic E-state index is 0.0260. The molecule has 0 radical (unpaired) electrons. The molecule has 1 unspecified atom stereocenters. The van der Waals surface area contributed by atoms with Crippen molar-refractivity contribution in [1.82, 2.24) is 4.90 Å². The molecule has 9 heteroatoms. The molecule has 6 nitrogen and oxygen atoms in total. The number of thiophene rings is 1. The van der Waals surface area contributed by atoms with Gasteiger partial charge in [-0.25, -0.2) is 13.2 Å². The van der Waals surface area contributed by atoms with Gasteiger partial charge in [-0.1, -0.05) is 11.6 Å². The highest BCUT2D eigenvalue weighted by Gasteiger charge is 2.28. The minimum atomic E-state index is -3.59. The maximum absolute atomic E-state index is 12.6. The van der Waals surface area contributed by atoms with Gasteiger partial charge < -0.3 is 9.64 Å². The summed E-state index contributed by atoms with van der Waals surface area (Å²) in [5.74, 6) is -1.05. The van der Waals surface area contributed by atoms with Crippen molar-refractivity contribution in [2.24, 2.45) is 0 Å². The predicted molar refractivity (Wildman–Crippen MR) is 103 cm³/mol. The molecule has 0 spiro atoms. The Balaban J connectivity index is 1.70. The molecule has 1 aromatic carbocycles. The zero-order valence-corrected chi connectivity index (χ0v) is 17.2. The lowest BCUT2D eigenvalue weighted by Crippen LogP contribution is -2.42. The van der Waals surface area contributed by atoms with Gasteiger partial charge >= 0.3 is 5.97 Å². The Morgan fingerprint density at radius 2 is 2.04 bits per heavy atom. The van der Waals surface area contributed by atoms with Gasteiger partial charge in [0.25, 0.3) is 5.91 Å². The molecule has 0 aliphatic carbocycles. The maximum Gasteiger partial charge on any atom is 0.338 e. The third-order valence-corrected chi connectivity index (χ3v) is 6.92. The van der Waals surface area contributed by atoms with Crippen LogP contribution in [0.1, 0.15) is 27.7 Å². The fourth-order valence-corrected chi connectivity index (χ4v) is 5.08. The lowest BCUT2D eigenvalue weighted by Gasteiger charge is -2.29. The van der Waals surface area contributed by atoms with Crippen molar-refractivity contribution in [3.05, 3.63) is 50.7 Å². The lowest BCUT2D eigenvalue weighted by atomic mass is 10.1. The molecule has 1 aromatic heterocycles. The summed E-state index contributed by atoms with van der Waals surface area (Å²) < 4.78 is 28.8. The van der Waals surface area contributed by atoms with Gasteiger partial charge in [-0.15, -0.1) is 11.3 Å². The number of sulfone groups is 1. The Morgan fingerprint density at radius 1 is 1.30 bits per heavy atom. The number of hydrogen-bond donors (Lipinski definition) is 0. The normalized spacial score (nSPS) is 15.1. The molecule has 0 fully saturated rings. The molecule has 1 aliphatic rings. The maximum atomic E-state index is 12.6. The third-order valence-electron chi connectivity index (χ3n) is 4.32. The number of halogens is 1. The quantitative estimate of drug-likeness (QED) is 0.701. The van der Waals surface area contributed by atoms with Crippen LogP contribution in [-0.4, -0.2) is 44.1 Å². The zero-order valence-electron chi connectivity index (χ0n) is 14.8. The van der Waals surface area contributed by atoms with Crippen molar-refractivity contribution in [1.29, 1.82) is 0 Å². The molecule has 0 bridgehead atoms. The summed E-state index contributed by atoms with van der Waals surface area (Å²) >= 11 is 7.56. The van der Waals surface area contributed by atoms with Crippen LogP contribution in [0.15, 0.2) is 34.5 Å². The van der Waals surface area contributed by atoms with Crippen LogP contribution in [0.4, 0.5) is 0 Å². The number of amides is 1. The van der Waals surface area contributed by atoms with E-state index in [2.05, 4.69) is 0 Å². The van der Waals surface area contributed by atoms with Crippen LogP contribution < -0.4 is 0 Å². The third kappa shape index (κ3) is 4.34. The standard InChI is InChI=1S/C18H18ClNO5S2/c1-11(17(21)20-7-5-15-13(10-20)6-8-26-15)25-18(22)12-3-4-14(19)16(9-12)27(2,23)24/h3-4,6,8-9,11H,5,7,10H2,1-2H3. The van der Waals surface area contributed by atoms with Crippen molar-refractivity contribution in [3.63, 3.8) is 0 Å². The fraction of sp³-hybridized carbons (Fsp3) is 0.333. The lowest BCUT2D eigenvalue weighted by molar-refractivity contribution is -0.140. The Bertz CT molecular complexity index is 999. The first kappa shape index (κ1) is 19.9. The van der Waals surface area contributed by atoms with E-state index in [-0.39, 0.29) is 21.4 Å². The van der Waals surface area contributed by atoms with Crippen LogP contribution in [-0.2, 0) is 32.3 Å². The average Bonchev–Trinajstić information content (AvgIpc) is 3.07. The fourth-order valence-electron chi connectivity index (χ4n) is 2.89. The van der Waals surface area contributed by atoms with Crippen LogP contribution in [0.3, 0.4) is 0 Å². The van der Waals surface area contributed by atoms with Crippen molar-refractivity contribution in [2.45, 2.75) is 30.9 Å². The van der Waals surface area contributed by atoms with Crippen molar-refractivity contribution >= 4 is 44.7 Å². The summed E-state index contributed by atoms with van der Waals surface area (Å²) in [6, 6.07) is 5.85. The van der Waals surface area contributed by atoms with Crippen LogP contribution in [0.2, 0.25) is 5.02 Å². The van der Waals surface area contributed by atoms with Gasteiger partial charge in [-0.05, 0) is 48.6 Å². The van der Waals surface area contributed by atoms with E-state index in [0.29, 0.717) is 13.1 Å². The Hall–Kier alpha value is -1.90. The van der Waals surface area contributed by atoms with Crippen LogP contribution in [0, 0.1) is 0 Å². The largest absolute Gasteiger partial charge is 0.449 e. The molecule has 3 rings (SSSR count). The average molecular weight is 428 g/mol. The van der Waals surface area contributed by atoms with E-state index in [9.17, 15) is 18.0 Å². The van der Waals surface area contributed by atoms with E-state index in [1.807, 2.05) is 11.4 Å². The SMILES string of the molecule is CC(OC(=O)c1ccc(Cl)c(S(C)(=O)=O)c1)C(=O)N1CCc2sccc2C1. The summed E-state index contributed by atoms with van der Waals surface area (Å²) in [4.78, 5) is 27.8. The Morgan fingerprint density at radius 3 is 2.74 bits per heavy atom. The molecular formula is C18H18ClNO5S2. The molecule has 144 valence electrons. The van der Waals surface area contributed by atoms with Crippen LogP contribution >= 0.6 is 22.9 Å². The number of hydrogen-bond acceptors (Lipinski definition) is 6. The molecule has 27 heavy (non-hydrogen) atoms. The second kappa shape index (κ2) is 7.61.